The maximum Gasteiger partial charge on any atom is 0.248 e. The first kappa shape index (κ1) is 15.0. The fourth-order valence-electron chi connectivity index (χ4n) is 2.31. The summed E-state index contributed by atoms with van der Waals surface area (Å²) in [5, 5.41) is 2.84. The van der Waals surface area contributed by atoms with Crippen molar-refractivity contribution in [3.8, 4) is 0 Å². The largest absolute Gasteiger partial charge is 0.342 e. The van der Waals surface area contributed by atoms with Gasteiger partial charge >= 0.3 is 0 Å². The monoisotopic (exact) mass is 338 g/mol. The van der Waals surface area contributed by atoms with Gasteiger partial charge in [-0.3, -0.25) is 9.59 Å². The summed E-state index contributed by atoms with van der Waals surface area (Å²) in [6.07, 6.45) is 0.951. The molecule has 20 heavy (non-hydrogen) atoms. The molecule has 0 bridgehead atoms. The first-order chi connectivity index (χ1) is 9.44. The number of rotatable bonds is 3. The predicted molar refractivity (Wildman–Crippen MR) is 81.0 cm³/mol. The SMILES string of the molecule is CCC1(C)NC(=O)CCN(Cc2ccc(Br)cc2)C1=O. The van der Waals surface area contributed by atoms with Crippen molar-refractivity contribution in [2.75, 3.05) is 6.54 Å². The fraction of sp³-hybridized carbons (Fsp3) is 0.467. The summed E-state index contributed by atoms with van der Waals surface area (Å²) in [5.74, 6) is -0.0604. The van der Waals surface area contributed by atoms with Crippen LogP contribution < -0.4 is 5.32 Å². The minimum absolute atomic E-state index is 0.00577. The number of benzene rings is 1. The normalized spacial score (nSPS) is 23.4. The molecule has 0 aliphatic carbocycles. The summed E-state index contributed by atoms with van der Waals surface area (Å²) < 4.78 is 1.01. The molecule has 1 aromatic rings. The third kappa shape index (κ3) is 3.20. The molecule has 4 nitrogen and oxygen atoms in total. The Hall–Kier alpha value is -1.36. The van der Waals surface area contributed by atoms with Gasteiger partial charge < -0.3 is 10.2 Å². The van der Waals surface area contributed by atoms with E-state index in [-0.39, 0.29) is 11.8 Å². The second-order valence-electron chi connectivity index (χ2n) is 5.34. The molecular formula is C15H19BrN2O2. The molecule has 1 aliphatic heterocycles. The molecule has 5 heteroatoms. The van der Waals surface area contributed by atoms with Crippen LogP contribution in [-0.4, -0.2) is 28.8 Å². The van der Waals surface area contributed by atoms with Crippen LogP contribution in [0.5, 0.6) is 0 Å². The number of carbonyl (C=O) groups is 2. The number of halogens is 1. The molecule has 1 heterocycles. The molecule has 1 saturated heterocycles. The summed E-state index contributed by atoms with van der Waals surface area (Å²) >= 11 is 3.40. The number of nitrogens with zero attached hydrogens (tertiary/aromatic N) is 1. The zero-order valence-corrected chi connectivity index (χ0v) is 13.4. The van der Waals surface area contributed by atoms with Crippen LogP contribution in [0.2, 0.25) is 0 Å². The Balaban J connectivity index is 2.19. The van der Waals surface area contributed by atoms with Crippen LogP contribution in [0.1, 0.15) is 32.3 Å². The number of hydrogen-bond donors (Lipinski definition) is 1. The molecule has 0 saturated carbocycles. The smallest absolute Gasteiger partial charge is 0.248 e. The molecule has 0 spiro atoms. The van der Waals surface area contributed by atoms with Crippen molar-refractivity contribution < 1.29 is 9.59 Å². The molecule has 2 rings (SSSR count). The summed E-state index contributed by atoms with van der Waals surface area (Å²) in [7, 11) is 0. The van der Waals surface area contributed by atoms with Gasteiger partial charge in [-0.05, 0) is 31.0 Å². The molecule has 1 fully saturated rings. The standard InChI is InChI=1S/C15H19BrN2O2/c1-3-15(2)14(20)18(9-8-13(19)17-15)10-11-4-6-12(16)7-5-11/h4-7H,3,8-10H2,1-2H3,(H,17,19). The lowest BCUT2D eigenvalue weighted by molar-refractivity contribution is -0.138. The Morgan fingerprint density at radius 1 is 1.30 bits per heavy atom. The lowest BCUT2D eigenvalue weighted by atomic mass is 9.97. The summed E-state index contributed by atoms with van der Waals surface area (Å²) in [6, 6.07) is 7.89. The maximum atomic E-state index is 12.6. The zero-order chi connectivity index (χ0) is 14.8. The van der Waals surface area contributed by atoms with Gasteiger partial charge in [-0.1, -0.05) is 35.0 Å². The van der Waals surface area contributed by atoms with Gasteiger partial charge in [0, 0.05) is 24.0 Å². The van der Waals surface area contributed by atoms with Crippen molar-refractivity contribution in [1.82, 2.24) is 10.2 Å². The molecular weight excluding hydrogens is 320 g/mol. The molecule has 1 aliphatic rings. The second-order valence-corrected chi connectivity index (χ2v) is 6.25. The van der Waals surface area contributed by atoms with Crippen LogP contribution in [0, 0.1) is 0 Å². The lowest BCUT2D eigenvalue weighted by Gasteiger charge is -2.31. The van der Waals surface area contributed by atoms with E-state index in [4.69, 9.17) is 0 Å². The van der Waals surface area contributed by atoms with E-state index < -0.39 is 5.54 Å². The fourth-order valence-corrected chi connectivity index (χ4v) is 2.58. The minimum atomic E-state index is -0.789. The van der Waals surface area contributed by atoms with Gasteiger partial charge in [0.25, 0.3) is 0 Å². The molecule has 0 radical (unpaired) electrons. The first-order valence-electron chi connectivity index (χ1n) is 6.79. The van der Waals surface area contributed by atoms with Crippen LogP contribution >= 0.6 is 15.9 Å². The molecule has 2 amide bonds. The third-order valence-corrected chi connectivity index (χ3v) is 4.31. The minimum Gasteiger partial charge on any atom is -0.342 e. The van der Waals surface area contributed by atoms with Gasteiger partial charge in [0.1, 0.15) is 5.54 Å². The average Bonchev–Trinajstić information content (AvgIpc) is 2.53. The van der Waals surface area contributed by atoms with Crippen molar-refractivity contribution in [1.29, 1.82) is 0 Å². The Labute approximate surface area is 127 Å². The third-order valence-electron chi connectivity index (χ3n) is 3.78. The van der Waals surface area contributed by atoms with Crippen molar-refractivity contribution in [3.63, 3.8) is 0 Å². The predicted octanol–water partition coefficient (Wildman–Crippen LogP) is 2.47. The van der Waals surface area contributed by atoms with Crippen LogP contribution in [0.4, 0.5) is 0 Å². The van der Waals surface area contributed by atoms with E-state index in [2.05, 4.69) is 21.2 Å². The number of amides is 2. The average molecular weight is 339 g/mol. The highest BCUT2D eigenvalue weighted by Crippen LogP contribution is 2.20. The van der Waals surface area contributed by atoms with Crippen LogP contribution in [-0.2, 0) is 16.1 Å². The van der Waals surface area contributed by atoms with E-state index in [1.54, 1.807) is 11.8 Å². The summed E-state index contributed by atoms with van der Waals surface area (Å²) in [6.45, 7) is 4.72. The number of nitrogens with one attached hydrogen (secondary N) is 1. The maximum absolute atomic E-state index is 12.6. The van der Waals surface area contributed by atoms with E-state index in [1.165, 1.54) is 0 Å². The quantitative estimate of drug-likeness (QED) is 0.920. The van der Waals surface area contributed by atoms with Crippen molar-refractivity contribution in [2.24, 2.45) is 0 Å². The van der Waals surface area contributed by atoms with E-state index in [1.807, 2.05) is 31.2 Å². The van der Waals surface area contributed by atoms with E-state index in [0.717, 1.165) is 10.0 Å². The van der Waals surface area contributed by atoms with Gasteiger partial charge in [0.05, 0.1) is 0 Å². The Morgan fingerprint density at radius 3 is 2.55 bits per heavy atom. The van der Waals surface area contributed by atoms with Crippen molar-refractivity contribution >= 4 is 27.7 Å². The molecule has 1 unspecified atom stereocenters. The van der Waals surface area contributed by atoms with E-state index in [0.29, 0.717) is 25.9 Å². The molecule has 1 aromatic carbocycles. The molecule has 1 atom stereocenters. The number of hydrogen-bond acceptors (Lipinski definition) is 2. The zero-order valence-electron chi connectivity index (χ0n) is 11.8. The highest BCUT2D eigenvalue weighted by Gasteiger charge is 2.38. The van der Waals surface area contributed by atoms with Crippen molar-refractivity contribution in [2.45, 2.75) is 38.8 Å². The Bertz CT molecular complexity index is 515. The van der Waals surface area contributed by atoms with Crippen LogP contribution in [0.25, 0.3) is 0 Å². The second kappa shape index (κ2) is 5.95. The lowest BCUT2D eigenvalue weighted by Crippen LogP contribution is -2.54. The first-order valence-corrected chi connectivity index (χ1v) is 7.59. The van der Waals surface area contributed by atoms with Crippen LogP contribution in [0.3, 0.4) is 0 Å². The van der Waals surface area contributed by atoms with Gasteiger partial charge in [-0.25, -0.2) is 0 Å². The Morgan fingerprint density at radius 2 is 1.95 bits per heavy atom. The topological polar surface area (TPSA) is 49.4 Å². The van der Waals surface area contributed by atoms with Crippen molar-refractivity contribution in [3.05, 3.63) is 34.3 Å². The summed E-state index contributed by atoms with van der Waals surface area (Å²) in [5.41, 5.74) is 0.275. The van der Waals surface area contributed by atoms with Gasteiger partial charge in [-0.2, -0.15) is 0 Å². The van der Waals surface area contributed by atoms with Gasteiger partial charge in [-0.15, -0.1) is 0 Å². The van der Waals surface area contributed by atoms with Gasteiger partial charge in [0.15, 0.2) is 0 Å². The highest BCUT2D eigenvalue weighted by atomic mass is 79.9. The summed E-state index contributed by atoms with van der Waals surface area (Å²) in [4.78, 5) is 26.1. The molecule has 1 N–H and O–H groups in total. The number of carbonyl (C=O) groups excluding carboxylic acids is 2. The van der Waals surface area contributed by atoms with E-state index >= 15 is 0 Å². The van der Waals surface area contributed by atoms with E-state index in [9.17, 15) is 9.59 Å². The molecule has 108 valence electrons. The van der Waals surface area contributed by atoms with Gasteiger partial charge in [0.2, 0.25) is 11.8 Å². The highest BCUT2D eigenvalue weighted by molar-refractivity contribution is 9.10. The Kier molecular flexibility index (Phi) is 4.48. The molecule has 0 aromatic heterocycles. The van der Waals surface area contributed by atoms with Crippen LogP contribution in [0.15, 0.2) is 28.7 Å².